The van der Waals surface area contributed by atoms with E-state index in [2.05, 4.69) is 56.1 Å². The highest BCUT2D eigenvalue weighted by Crippen LogP contribution is 2.23. The Morgan fingerprint density at radius 1 is 1.00 bits per heavy atom. The highest BCUT2D eigenvalue weighted by molar-refractivity contribution is 5.42. The summed E-state index contributed by atoms with van der Waals surface area (Å²) in [6, 6.07) is 18.4. The Kier molecular flexibility index (Phi) is 6.40. The van der Waals surface area contributed by atoms with E-state index in [1.54, 1.807) is 6.07 Å². The van der Waals surface area contributed by atoms with Crippen LogP contribution in [0.15, 0.2) is 48.5 Å². The summed E-state index contributed by atoms with van der Waals surface area (Å²) < 4.78 is 0. The number of aliphatic hydroxyl groups excluding tert-OH is 1. The number of piperazine rings is 1. The molecule has 152 valence electrons. The molecule has 0 unspecified atom stereocenters. The molecule has 1 N–H and O–H groups in total. The van der Waals surface area contributed by atoms with Crippen molar-refractivity contribution >= 4 is 5.82 Å². The Balaban J connectivity index is 1.26. The number of hydrogen-bond donors (Lipinski definition) is 1. The van der Waals surface area contributed by atoms with Gasteiger partial charge < -0.3 is 14.9 Å². The number of hydrogen-bond acceptors (Lipinski definition) is 6. The Bertz CT molecular complexity index is 829. The predicted molar refractivity (Wildman–Crippen MR) is 114 cm³/mol. The summed E-state index contributed by atoms with van der Waals surface area (Å²) in [6.07, 6.45) is 1.62. The van der Waals surface area contributed by atoms with Crippen LogP contribution >= 0.6 is 0 Å². The van der Waals surface area contributed by atoms with E-state index in [-0.39, 0.29) is 6.04 Å². The SMILES string of the molecule is N#Cc1cccc(N2CC[C@@H](N3CCN(CCc4ccccc4)CC3)[C@H](O)C2)n1. The summed E-state index contributed by atoms with van der Waals surface area (Å²) in [5.41, 5.74) is 1.82. The molecule has 0 aliphatic carbocycles. The van der Waals surface area contributed by atoms with Gasteiger partial charge in [-0.2, -0.15) is 5.26 Å². The fourth-order valence-electron chi connectivity index (χ4n) is 4.47. The van der Waals surface area contributed by atoms with E-state index in [1.807, 2.05) is 12.1 Å². The summed E-state index contributed by atoms with van der Waals surface area (Å²) in [7, 11) is 0. The minimum Gasteiger partial charge on any atom is -0.390 e. The molecule has 3 heterocycles. The van der Waals surface area contributed by atoms with Crippen molar-refractivity contribution < 1.29 is 5.11 Å². The van der Waals surface area contributed by atoms with Crippen LogP contribution in [-0.2, 0) is 6.42 Å². The van der Waals surface area contributed by atoms with Crippen molar-refractivity contribution in [3.05, 3.63) is 59.8 Å². The number of aliphatic hydroxyl groups is 1. The van der Waals surface area contributed by atoms with Gasteiger partial charge in [0.05, 0.1) is 6.10 Å². The molecule has 6 heteroatoms. The van der Waals surface area contributed by atoms with Crippen molar-refractivity contribution in [3.63, 3.8) is 0 Å². The fourth-order valence-corrected chi connectivity index (χ4v) is 4.47. The summed E-state index contributed by atoms with van der Waals surface area (Å²) >= 11 is 0. The quantitative estimate of drug-likeness (QED) is 0.838. The maximum atomic E-state index is 10.8. The van der Waals surface area contributed by atoms with Crippen molar-refractivity contribution in [1.82, 2.24) is 14.8 Å². The lowest BCUT2D eigenvalue weighted by molar-refractivity contribution is 0.00967. The van der Waals surface area contributed by atoms with E-state index < -0.39 is 6.10 Å². The third-order valence-electron chi connectivity index (χ3n) is 6.15. The zero-order valence-corrected chi connectivity index (χ0v) is 16.8. The average molecular weight is 392 g/mol. The lowest BCUT2D eigenvalue weighted by atomic mass is 9.99. The normalized spacial score (nSPS) is 23.7. The van der Waals surface area contributed by atoms with Crippen molar-refractivity contribution in [2.45, 2.75) is 25.0 Å². The first-order valence-electron chi connectivity index (χ1n) is 10.5. The first kappa shape index (κ1) is 19.8. The van der Waals surface area contributed by atoms with Gasteiger partial charge in [-0.05, 0) is 30.5 Å². The first-order chi connectivity index (χ1) is 14.2. The van der Waals surface area contributed by atoms with Crippen LogP contribution < -0.4 is 4.90 Å². The largest absolute Gasteiger partial charge is 0.390 e. The molecule has 2 aromatic rings. The molecule has 2 aliphatic heterocycles. The predicted octanol–water partition coefficient (Wildman–Crippen LogP) is 1.75. The van der Waals surface area contributed by atoms with Gasteiger partial charge in [-0.3, -0.25) is 4.90 Å². The van der Waals surface area contributed by atoms with E-state index in [9.17, 15) is 5.11 Å². The second-order valence-corrected chi connectivity index (χ2v) is 7.98. The summed E-state index contributed by atoms with van der Waals surface area (Å²) in [5.74, 6) is 0.785. The number of pyridine rings is 1. The monoisotopic (exact) mass is 391 g/mol. The van der Waals surface area contributed by atoms with Gasteiger partial charge in [-0.1, -0.05) is 36.4 Å². The fraction of sp³-hybridized carbons (Fsp3) is 0.478. The van der Waals surface area contributed by atoms with Gasteiger partial charge in [0.1, 0.15) is 17.6 Å². The van der Waals surface area contributed by atoms with Crippen LogP contribution in [0.25, 0.3) is 0 Å². The van der Waals surface area contributed by atoms with Crippen LogP contribution in [0.2, 0.25) is 0 Å². The van der Waals surface area contributed by atoms with Crippen LogP contribution in [0.3, 0.4) is 0 Å². The molecule has 1 aromatic heterocycles. The van der Waals surface area contributed by atoms with E-state index in [4.69, 9.17) is 5.26 Å². The third-order valence-corrected chi connectivity index (χ3v) is 6.15. The number of rotatable bonds is 5. The molecule has 29 heavy (non-hydrogen) atoms. The van der Waals surface area contributed by atoms with Crippen LogP contribution in [-0.4, -0.2) is 77.8 Å². The average Bonchev–Trinajstić information content (AvgIpc) is 2.79. The Morgan fingerprint density at radius 3 is 2.52 bits per heavy atom. The molecule has 0 saturated carbocycles. The van der Waals surface area contributed by atoms with E-state index in [1.165, 1.54) is 5.56 Å². The number of benzene rings is 1. The minimum absolute atomic E-state index is 0.210. The topological polar surface area (TPSA) is 66.6 Å². The lowest BCUT2D eigenvalue weighted by Gasteiger charge is -2.45. The highest BCUT2D eigenvalue weighted by atomic mass is 16.3. The smallest absolute Gasteiger partial charge is 0.142 e. The van der Waals surface area contributed by atoms with Gasteiger partial charge in [0.15, 0.2) is 0 Å². The second-order valence-electron chi connectivity index (χ2n) is 7.98. The Morgan fingerprint density at radius 2 is 1.79 bits per heavy atom. The number of anilines is 1. The summed E-state index contributed by atoms with van der Waals surface area (Å²) in [5, 5.41) is 19.9. The Labute approximate surface area is 173 Å². The highest BCUT2D eigenvalue weighted by Gasteiger charge is 2.34. The molecule has 0 radical (unpaired) electrons. The number of nitrogens with zero attached hydrogens (tertiary/aromatic N) is 5. The number of aromatic nitrogens is 1. The third kappa shape index (κ3) is 4.94. The van der Waals surface area contributed by atoms with Crippen LogP contribution in [0, 0.1) is 11.3 Å². The molecule has 0 amide bonds. The second kappa shape index (κ2) is 9.36. The van der Waals surface area contributed by atoms with Crippen LogP contribution in [0.1, 0.15) is 17.7 Å². The van der Waals surface area contributed by atoms with Gasteiger partial charge in [-0.25, -0.2) is 4.98 Å². The van der Waals surface area contributed by atoms with E-state index in [0.717, 1.165) is 57.9 Å². The molecular weight excluding hydrogens is 362 g/mol. The van der Waals surface area contributed by atoms with Crippen molar-refractivity contribution in [2.24, 2.45) is 0 Å². The molecule has 1 aromatic carbocycles. The van der Waals surface area contributed by atoms with E-state index >= 15 is 0 Å². The first-order valence-corrected chi connectivity index (χ1v) is 10.5. The maximum Gasteiger partial charge on any atom is 0.142 e. The van der Waals surface area contributed by atoms with Crippen molar-refractivity contribution in [3.8, 4) is 6.07 Å². The minimum atomic E-state index is -0.396. The summed E-state index contributed by atoms with van der Waals surface area (Å²) in [4.78, 5) is 11.5. The standard InChI is InChI=1S/C23H29N5O/c24-17-20-7-4-8-23(25-20)28-12-10-21(22(29)18-28)27-15-13-26(14-16-27)11-9-19-5-2-1-3-6-19/h1-8,21-22,29H,9-16,18H2/t21-,22-/m1/s1. The van der Waals surface area contributed by atoms with Gasteiger partial charge in [0, 0.05) is 51.9 Å². The molecule has 0 spiro atoms. The molecule has 6 nitrogen and oxygen atoms in total. The molecule has 2 fully saturated rings. The van der Waals surface area contributed by atoms with Crippen LogP contribution in [0.4, 0.5) is 5.82 Å². The summed E-state index contributed by atoms with van der Waals surface area (Å²) in [6.45, 7) is 6.67. The maximum absolute atomic E-state index is 10.8. The zero-order valence-electron chi connectivity index (χ0n) is 16.8. The van der Waals surface area contributed by atoms with E-state index in [0.29, 0.717) is 12.2 Å². The Hall–Kier alpha value is -2.46. The lowest BCUT2D eigenvalue weighted by Crippen LogP contribution is -2.59. The van der Waals surface area contributed by atoms with Gasteiger partial charge in [0.25, 0.3) is 0 Å². The van der Waals surface area contributed by atoms with Crippen molar-refractivity contribution in [2.75, 3.05) is 50.7 Å². The van der Waals surface area contributed by atoms with Crippen LogP contribution in [0.5, 0.6) is 0 Å². The zero-order chi connectivity index (χ0) is 20.1. The molecule has 4 rings (SSSR count). The van der Waals surface area contributed by atoms with Gasteiger partial charge in [-0.15, -0.1) is 0 Å². The number of piperidine rings is 1. The number of β-amino-alcohol motifs (C(OH)–C–C–N with tert-alkyl or cyclic N) is 1. The van der Waals surface area contributed by atoms with Gasteiger partial charge in [0.2, 0.25) is 0 Å². The van der Waals surface area contributed by atoms with Gasteiger partial charge >= 0.3 is 0 Å². The molecular formula is C23H29N5O. The molecule has 2 saturated heterocycles. The van der Waals surface area contributed by atoms with Crippen molar-refractivity contribution in [1.29, 1.82) is 5.26 Å². The molecule has 2 atom stereocenters. The molecule has 2 aliphatic rings. The number of nitriles is 1. The molecule has 0 bridgehead atoms.